The van der Waals surface area contributed by atoms with Gasteiger partial charge in [-0.05, 0) is 31.2 Å². The third kappa shape index (κ3) is 3.47. The van der Waals surface area contributed by atoms with Crippen LogP contribution in [-0.4, -0.2) is 30.1 Å². The van der Waals surface area contributed by atoms with Crippen LogP contribution in [0.3, 0.4) is 0 Å². The summed E-state index contributed by atoms with van der Waals surface area (Å²) in [6, 6.07) is 2.33. The molecule has 3 heteroatoms. The number of nitrogens with two attached hydrogens (primary N) is 1. The summed E-state index contributed by atoms with van der Waals surface area (Å²) in [6.45, 7) is 9.38. The number of rotatable bonds is 7. The third-order valence-electron chi connectivity index (χ3n) is 3.71. The van der Waals surface area contributed by atoms with Crippen molar-refractivity contribution >= 4 is 0 Å². The molecule has 0 aliphatic heterocycles. The third-order valence-corrected chi connectivity index (χ3v) is 3.71. The molecule has 2 unspecified atom stereocenters. The summed E-state index contributed by atoms with van der Waals surface area (Å²) >= 11 is 0. The minimum Gasteiger partial charge on any atom is -0.312 e. The predicted octanol–water partition coefficient (Wildman–Crippen LogP) is 1.99. The van der Waals surface area contributed by atoms with E-state index in [4.69, 9.17) is 5.73 Å². The first-order valence-corrected chi connectivity index (χ1v) is 6.48. The van der Waals surface area contributed by atoms with Crippen LogP contribution in [0.2, 0.25) is 0 Å². The molecule has 0 saturated heterocycles. The van der Waals surface area contributed by atoms with Crippen LogP contribution in [0.5, 0.6) is 0 Å². The number of hydrogen-bond acceptors (Lipinski definition) is 3. The van der Waals surface area contributed by atoms with E-state index in [-0.39, 0.29) is 0 Å². The molecule has 1 saturated carbocycles. The summed E-state index contributed by atoms with van der Waals surface area (Å²) in [6.07, 6.45) is 3.44. The van der Waals surface area contributed by atoms with Gasteiger partial charge in [0.15, 0.2) is 0 Å². The van der Waals surface area contributed by atoms with Crippen molar-refractivity contribution in [1.82, 2.24) is 4.90 Å². The molecule has 0 spiro atoms. The zero-order valence-electron chi connectivity index (χ0n) is 10.9. The molecule has 16 heavy (non-hydrogen) atoms. The number of nitriles is 1. The molecule has 0 aromatic heterocycles. The van der Waals surface area contributed by atoms with Gasteiger partial charge < -0.3 is 10.6 Å². The monoisotopic (exact) mass is 223 g/mol. The number of likely N-dealkylation sites (N-methyl/N-ethyl adjacent to an activating group) is 1. The van der Waals surface area contributed by atoms with Crippen molar-refractivity contribution in [2.45, 2.75) is 45.6 Å². The summed E-state index contributed by atoms with van der Waals surface area (Å²) in [5, 5.41) is 9.23. The lowest BCUT2D eigenvalue weighted by molar-refractivity contribution is 0.202. The van der Waals surface area contributed by atoms with Crippen molar-refractivity contribution in [3.63, 3.8) is 0 Å². The summed E-state index contributed by atoms with van der Waals surface area (Å²) in [7, 11) is 0. The fraction of sp³-hybridized carbons (Fsp3) is 0.923. The van der Waals surface area contributed by atoms with Gasteiger partial charge in [0, 0.05) is 13.1 Å². The van der Waals surface area contributed by atoms with Crippen LogP contribution in [0.1, 0.15) is 40.0 Å². The standard InChI is InChI=1S/C13H25N3/c1-4-11(3)8-16(5-2)10-13(15,9-14)12-6-7-12/h11-12H,4-8,10,15H2,1-3H3. The molecule has 0 radical (unpaired) electrons. The molecule has 2 atom stereocenters. The van der Waals surface area contributed by atoms with Crippen LogP contribution in [-0.2, 0) is 0 Å². The zero-order valence-corrected chi connectivity index (χ0v) is 10.9. The Hall–Kier alpha value is -0.590. The molecule has 0 heterocycles. The smallest absolute Gasteiger partial charge is 0.119 e. The lowest BCUT2D eigenvalue weighted by Gasteiger charge is -2.31. The van der Waals surface area contributed by atoms with Gasteiger partial charge >= 0.3 is 0 Å². The Kier molecular flexibility index (Phi) is 4.76. The minimum absolute atomic E-state index is 0.434. The SMILES string of the molecule is CCC(C)CN(CC)CC(N)(C#N)C1CC1. The summed E-state index contributed by atoms with van der Waals surface area (Å²) in [5.41, 5.74) is 5.59. The highest BCUT2D eigenvalue weighted by molar-refractivity contribution is 5.14. The van der Waals surface area contributed by atoms with Crippen molar-refractivity contribution in [2.24, 2.45) is 17.6 Å². The van der Waals surface area contributed by atoms with E-state index in [0.717, 1.165) is 32.5 Å². The second-order valence-corrected chi connectivity index (χ2v) is 5.27. The molecular weight excluding hydrogens is 198 g/mol. The Morgan fingerprint density at radius 2 is 2.12 bits per heavy atom. The molecule has 1 fully saturated rings. The molecule has 1 aliphatic carbocycles. The van der Waals surface area contributed by atoms with Crippen molar-refractivity contribution in [1.29, 1.82) is 5.26 Å². The normalized spacial score (nSPS) is 21.5. The van der Waals surface area contributed by atoms with Gasteiger partial charge in [0.2, 0.25) is 0 Å². The van der Waals surface area contributed by atoms with Crippen molar-refractivity contribution in [3.05, 3.63) is 0 Å². The average molecular weight is 223 g/mol. The maximum Gasteiger partial charge on any atom is 0.119 e. The van der Waals surface area contributed by atoms with Crippen LogP contribution in [0.4, 0.5) is 0 Å². The quantitative estimate of drug-likeness (QED) is 0.718. The van der Waals surface area contributed by atoms with E-state index >= 15 is 0 Å². The van der Waals surface area contributed by atoms with Gasteiger partial charge in [0.1, 0.15) is 5.54 Å². The molecule has 0 bridgehead atoms. The van der Waals surface area contributed by atoms with Gasteiger partial charge in [-0.1, -0.05) is 27.2 Å². The molecule has 1 aliphatic rings. The Labute approximate surface area is 99.6 Å². The van der Waals surface area contributed by atoms with E-state index in [1.807, 2.05) is 0 Å². The van der Waals surface area contributed by atoms with E-state index in [0.29, 0.717) is 11.8 Å². The molecule has 1 rings (SSSR count). The van der Waals surface area contributed by atoms with Gasteiger partial charge in [0.25, 0.3) is 0 Å². The summed E-state index contributed by atoms with van der Waals surface area (Å²) in [4.78, 5) is 2.33. The van der Waals surface area contributed by atoms with Gasteiger partial charge in [-0.25, -0.2) is 0 Å². The average Bonchev–Trinajstić information content (AvgIpc) is 3.11. The van der Waals surface area contributed by atoms with E-state index in [2.05, 4.69) is 31.7 Å². The molecule has 0 amide bonds. The van der Waals surface area contributed by atoms with Gasteiger partial charge in [0.05, 0.1) is 6.07 Å². The Morgan fingerprint density at radius 1 is 1.50 bits per heavy atom. The van der Waals surface area contributed by atoms with Crippen molar-refractivity contribution < 1.29 is 0 Å². The molecule has 2 N–H and O–H groups in total. The minimum atomic E-state index is -0.608. The highest BCUT2D eigenvalue weighted by Crippen LogP contribution is 2.38. The van der Waals surface area contributed by atoms with Crippen molar-refractivity contribution in [3.8, 4) is 6.07 Å². The van der Waals surface area contributed by atoms with E-state index in [9.17, 15) is 5.26 Å². The maximum atomic E-state index is 9.23. The number of nitrogens with zero attached hydrogens (tertiary/aromatic N) is 2. The fourth-order valence-corrected chi connectivity index (χ4v) is 2.10. The van der Waals surface area contributed by atoms with Crippen LogP contribution < -0.4 is 5.73 Å². The molecule has 3 nitrogen and oxygen atoms in total. The molecule has 92 valence electrons. The van der Waals surface area contributed by atoms with E-state index in [1.54, 1.807) is 0 Å². The number of hydrogen-bond donors (Lipinski definition) is 1. The highest BCUT2D eigenvalue weighted by Gasteiger charge is 2.43. The summed E-state index contributed by atoms with van der Waals surface area (Å²) in [5.74, 6) is 1.12. The Morgan fingerprint density at radius 3 is 2.50 bits per heavy atom. The maximum absolute atomic E-state index is 9.23. The summed E-state index contributed by atoms with van der Waals surface area (Å²) < 4.78 is 0. The first-order valence-electron chi connectivity index (χ1n) is 6.48. The topological polar surface area (TPSA) is 53.0 Å². The van der Waals surface area contributed by atoms with Gasteiger partial charge in [-0.2, -0.15) is 5.26 Å². The predicted molar refractivity (Wildman–Crippen MR) is 66.8 cm³/mol. The second-order valence-electron chi connectivity index (χ2n) is 5.27. The zero-order chi connectivity index (χ0) is 12.2. The largest absolute Gasteiger partial charge is 0.312 e. The van der Waals surface area contributed by atoms with Crippen LogP contribution in [0.25, 0.3) is 0 Å². The lowest BCUT2D eigenvalue weighted by Crippen LogP contribution is -2.51. The van der Waals surface area contributed by atoms with Crippen LogP contribution >= 0.6 is 0 Å². The highest BCUT2D eigenvalue weighted by atomic mass is 15.1. The van der Waals surface area contributed by atoms with Gasteiger partial charge in [-0.3, -0.25) is 0 Å². The Bertz CT molecular complexity index is 254. The second kappa shape index (κ2) is 5.65. The Balaban J connectivity index is 2.51. The molecule has 0 aromatic carbocycles. The van der Waals surface area contributed by atoms with Gasteiger partial charge in [-0.15, -0.1) is 0 Å². The molecule has 0 aromatic rings. The first kappa shape index (κ1) is 13.5. The van der Waals surface area contributed by atoms with Crippen LogP contribution in [0.15, 0.2) is 0 Å². The van der Waals surface area contributed by atoms with Crippen LogP contribution in [0, 0.1) is 23.2 Å². The van der Waals surface area contributed by atoms with E-state index < -0.39 is 5.54 Å². The molecular formula is C13H25N3. The van der Waals surface area contributed by atoms with E-state index in [1.165, 1.54) is 6.42 Å². The fourth-order valence-electron chi connectivity index (χ4n) is 2.10. The first-order chi connectivity index (χ1) is 7.55. The lowest BCUT2D eigenvalue weighted by atomic mass is 9.95. The van der Waals surface area contributed by atoms with Crippen molar-refractivity contribution in [2.75, 3.05) is 19.6 Å².